The minimum atomic E-state index is -3.84. The summed E-state index contributed by atoms with van der Waals surface area (Å²) in [6, 6.07) is 18.4. The van der Waals surface area contributed by atoms with Gasteiger partial charge in [-0.3, -0.25) is 4.79 Å². The molecule has 3 aromatic rings. The number of para-hydroxylation sites is 1. The zero-order valence-electron chi connectivity index (χ0n) is 18.9. The van der Waals surface area contributed by atoms with Gasteiger partial charge in [0.2, 0.25) is 15.9 Å². The van der Waals surface area contributed by atoms with Crippen LogP contribution in [0.1, 0.15) is 12.8 Å². The van der Waals surface area contributed by atoms with E-state index in [0.717, 1.165) is 0 Å². The van der Waals surface area contributed by atoms with E-state index in [2.05, 4.69) is 5.32 Å². The van der Waals surface area contributed by atoms with Gasteiger partial charge in [-0.25, -0.2) is 8.42 Å². The maximum absolute atomic E-state index is 13.2. The van der Waals surface area contributed by atoms with Gasteiger partial charge in [0, 0.05) is 18.1 Å². The van der Waals surface area contributed by atoms with Crippen molar-refractivity contribution >= 4 is 44.8 Å². The maximum atomic E-state index is 13.2. The fourth-order valence-electron chi connectivity index (χ4n) is 3.87. The zero-order valence-corrected chi connectivity index (χ0v) is 21.2. The van der Waals surface area contributed by atoms with E-state index in [9.17, 15) is 13.2 Å². The van der Waals surface area contributed by atoms with Crippen molar-refractivity contribution in [2.24, 2.45) is 5.92 Å². The summed E-state index contributed by atoms with van der Waals surface area (Å²) in [5.41, 5.74) is 0.410. The molecule has 1 aliphatic heterocycles. The molecule has 184 valence electrons. The van der Waals surface area contributed by atoms with Crippen molar-refractivity contribution in [1.29, 1.82) is 0 Å². The van der Waals surface area contributed by atoms with E-state index >= 15 is 0 Å². The molecule has 0 saturated carbocycles. The Bertz CT molecular complexity index is 1320. The van der Waals surface area contributed by atoms with Crippen LogP contribution in [-0.4, -0.2) is 38.8 Å². The van der Waals surface area contributed by atoms with Gasteiger partial charge >= 0.3 is 0 Å². The van der Waals surface area contributed by atoms with E-state index in [-0.39, 0.29) is 22.4 Å². The number of piperidine rings is 1. The standard InChI is InChI=1S/C25H24Cl2N2O5S/c1-33-23-12-10-20(15-21(23)27)35(31,32)29-13-5-6-17(16-29)25(30)28-22-14-18(26)9-11-24(22)34-19-7-3-2-4-8-19/h2-4,7-12,14-15,17H,5-6,13,16H2,1H3,(H,28,30)/t17-/m1/s1. The molecular formula is C25H24Cl2N2O5S. The summed E-state index contributed by atoms with van der Waals surface area (Å²) in [4.78, 5) is 13.2. The number of carbonyl (C=O) groups excluding carboxylic acids is 1. The molecule has 10 heteroatoms. The van der Waals surface area contributed by atoms with Crippen molar-refractivity contribution in [1.82, 2.24) is 4.31 Å². The molecule has 4 rings (SSSR count). The Morgan fingerprint density at radius 1 is 1.03 bits per heavy atom. The summed E-state index contributed by atoms with van der Waals surface area (Å²) in [5.74, 6) is 0.575. The quantitative estimate of drug-likeness (QED) is 0.411. The van der Waals surface area contributed by atoms with Crippen molar-refractivity contribution in [3.63, 3.8) is 0 Å². The number of nitrogens with zero attached hydrogens (tertiary/aromatic N) is 1. The molecule has 1 aliphatic rings. The van der Waals surface area contributed by atoms with Crippen LogP contribution in [0.4, 0.5) is 5.69 Å². The van der Waals surface area contributed by atoms with Gasteiger partial charge in [0.15, 0.2) is 5.75 Å². The summed E-state index contributed by atoms with van der Waals surface area (Å²) in [6.45, 7) is 0.364. The molecule has 0 unspecified atom stereocenters. The lowest BCUT2D eigenvalue weighted by Gasteiger charge is -2.31. The van der Waals surface area contributed by atoms with Crippen LogP contribution in [0.25, 0.3) is 0 Å². The highest BCUT2D eigenvalue weighted by Gasteiger charge is 2.34. The number of benzene rings is 3. The van der Waals surface area contributed by atoms with Gasteiger partial charge in [0.05, 0.1) is 28.6 Å². The first-order chi connectivity index (χ1) is 16.8. The number of methoxy groups -OCH3 is 1. The van der Waals surface area contributed by atoms with E-state index in [1.807, 2.05) is 18.2 Å². The van der Waals surface area contributed by atoms with Gasteiger partial charge in [-0.05, 0) is 61.4 Å². The molecule has 0 bridgehead atoms. The summed E-state index contributed by atoms with van der Waals surface area (Å²) in [6.07, 6.45) is 1.10. The molecule has 0 spiro atoms. The number of carbonyl (C=O) groups is 1. The Hall–Kier alpha value is -2.78. The van der Waals surface area contributed by atoms with E-state index < -0.39 is 15.9 Å². The highest BCUT2D eigenvalue weighted by molar-refractivity contribution is 7.89. The fourth-order valence-corrected chi connectivity index (χ4v) is 5.92. The average Bonchev–Trinajstić information content (AvgIpc) is 2.86. The SMILES string of the molecule is COc1ccc(S(=O)(=O)N2CCC[C@@H](C(=O)Nc3cc(Cl)ccc3Oc3ccccc3)C2)cc1Cl. The zero-order chi connectivity index (χ0) is 25.0. The summed E-state index contributed by atoms with van der Waals surface area (Å²) in [5, 5.41) is 3.51. The van der Waals surface area contributed by atoms with Crippen LogP contribution in [0.2, 0.25) is 10.0 Å². The molecule has 1 atom stereocenters. The molecule has 0 radical (unpaired) electrons. The van der Waals surface area contributed by atoms with Crippen LogP contribution < -0.4 is 14.8 Å². The lowest BCUT2D eigenvalue weighted by molar-refractivity contribution is -0.120. The van der Waals surface area contributed by atoms with Crippen molar-refractivity contribution in [3.05, 3.63) is 76.8 Å². The Labute approximate surface area is 214 Å². The number of anilines is 1. The Balaban J connectivity index is 1.50. The minimum absolute atomic E-state index is 0.0489. The number of rotatable bonds is 7. The number of halogens is 2. The van der Waals surface area contributed by atoms with Gasteiger partial charge in [-0.1, -0.05) is 41.4 Å². The maximum Gasteiger partial charge on any atom is 0.243 e. The first-order valence-electron chi connectivity index (χ1n) is 10.9. The largest absolute Gasteiger partial charge is 0.495 e. The molecule has 1 saturated heterocycles. The molecule has 3 aromatic carbocycles. The molecule has 1 amide bonds. The molecule has 0 aromatic heterocycles. The van der Waals surface area contributed by atoms with Gasteiger partial charge in [-0.15, -0.1) is 0 Å². The Morgan fingerprint density at radius 3 is 2.49 bits per heavy atom. The number of sulfonamides is 1. The first kappa shape index (κ1) is 25.3. The Kier molecular flexibility index (Phi) is 7.86. The third-order valence-corrected chi connectivity index (χ3v) is 8.08. The fraction of sp³-hybridized carbons (Fsp3) is 0.240. The molecule has 35 heavy (non-hydrogen) atoms. The lowest BCUT2D eigenvalue weighted by Crippen LogP contribution is -2.43. The Morgan fingerprint density at radius 2 is 1.77 bits per heavy atom. The third kappa shape index (κ3) is 5.90. The number of amides is 1. The second-order valence-electron chi connectivity index (χ2n) is 8.04. The van der Waals surface area contributed by atoms with Crippen molar-refractivity contribution in [2.45, 2.75) is 17.7 Å². The average molecular weight is 535 g/mol. The van der Waals surface area contributed by atoms with Crippen LogP contribution in [0.15, 0.2) is 71.6 Å². The molecular weight excluding hydrogens is 511 g/mol. The first-order valence-corrected chi connectivity index (χ1v) is 13.1. The normalized spacial score (nSPS) is 16.5. The van der Waals surface area contributed by atoms with Crippen LogP contribution >= 0.6 is 23.2 Å². The van der Waals surface area contributed by atoms with Crippen LogP contribution in [0.3, 0.4) is 0 Å². The van der Waals surface area contributed by atoms with Crippen molar-refractivity contribution in [2.75, 3.05) is 25.5 Å². The van der Waals surface area contributed by atoms with Crippen LogP contribution in [-0.2, 0) is 14.8 Å². The highest BCUT2D eigenvalue weighted by Crippen LogP contribution is 2.34. The molecule has 1 N–H and O–H groups in total. The van der Waals surface area contributed by atoms with Gasteiger partial charge in [0.1, 0.15) is 11.5 Å². The van der Waals surface area contributed by atoms with Crippen molar-refractivity contribution in [3.8, 4) is 17.2 Å². The lowest BCUT2D eigenvalue weighted by atomic mass is 9.98. The second kappa shape index (κ2) is 10.9. The molecule has 1 heterocycles. The van der Waals surface area contributed by atoms with Crippen LogP contribution in [0, 0.1) is 5.92 Å². The highest BCUT2D eigenvalue weighted by atomic mass is 35.5. The summed E-state index contributed by atoms with van der Waals surface area (Å²) in [7, 11) is -2.38. The van der Waals surface area contributed by atoms with Crippen LogP contribution in [0.5, 0.6) is 17.2 Å². The predicted molar refractivity (Wildman–Crippen MR) is 136 cm³/mol. The predicted octanol–water partition coefficient (Wildman–Crippen LogP) is 5.83. The topological polar surface area (TPSA) is 84.9 Å². The third-order valence-electron chi connectivity index (χ3n) is 5.69. The number of ether oxygens (including phenoxy) is 2. The van der Waals surface area contributed by atoms with E-state index in [0.29, 0.717) is 47.3 Å². The summed E-state index contributed by atoms with van der Waals surface area (Å²) >= 11 is 12.3. The minimum Gasteiger partial charge on any atom is -0.495 e. The van der Waals surface area contributed by atoms with E-state index in [4.69, 9.17) is 32.7 Å². The van der Waals surface area contributed by atoms with Gasteiger partial charge in [0.25, 0.3) is 0 Å². The van der Waals surface area contributed by atoms with Crippen molar-refractivity contribution < 1.29 is 22.7 Å². The smallest absolute Gasteiger partial charge is 0.243 e. The molecule has 1 fully saturated rings. The monoisotopic (exact) mass is 534 g/mol. The van der Waals surface area contributed by atoms with Gasteiger partial charge < -0.3 is 14.8 Å². The number of hydrogen-bond donors (Lipinski definition) is 1. The number of hydrogen-bond acceptors (Lipinski definition) is 5. The number of nitrogens with one attached hydrogen (secondary N) is 1. The molecule has 7 nitrogen and oxygen atoms in total. The van der Waals surface area contributed by atoms with E-state index in [1.54, 1.807) is 30.3 Å². The molecule has 0 aliphatic carbocycles. The summed E-state index contributed by atoms with van der Waals surface area (Å²) < 4.78 is 38.8. The second-order valence-corrected chi connectivity index (χ2v) is 10.8. The van der Waals surface area contributed by atoms with E-state index in [1.165, 1.54) is 29.6 Å². The van der Waals surface area contributed by atoms with Gasteiger partial charge in [-0.2, -0.15) is 4.31 Å².